The minimum Gasteiger partial charge on any atom is -0.335 e. The van der Waals surface area contributed by atoms with Gasteiger partial charge in [-0.2, -0.15) is 127 Å². The summed E-state index contributed by atoms with van der Waals surface area (Å²) in [4.78, 5) is 6.49. The zero-order valence-electron chi connectivity index (χ0n) is 35.2. The minimum absolute atomic E-state index is 0.691. The number of quaternary nitrogens is 1. The number of alkyl halides is 24. The van der Waals surface area contributed by atoms with E-state index < -0.39 is 195 Å². The van der Waals surface area contributed by atoms with Crippen molar-refractivity contribution in [3.05, 3.63) is 117 Å². The lowest BCUT2D eigenvalue weighted by Gasteiger charge is -2.46. The summed E-state index contributed by atoms with van der Waals surface area (Å²) in [6.07, 6.45) is -54.8. The van der Waals surface area contributed by atoms with Crippen LogP contribution in [0.25, 0.3) is 0 Å². The van der Waals surface area contributed by atoms with Crippen LogP contribution in [-0.4, -0.2) is 76.4 Å². The second-order valence-corrected chi connectivity index (χ2v) is 16.3. The Morgan fingerprint density at radius 1 is 0.304 bits per heavy atom. The lowest BCUT2D eigenvalue weighted by molar-refractivity contribution is -0.878. The van der Waals surface area contributed by atoms with Crippen LogP contribution in [0.5, 0.6) is 0 Å². The Hall–Kier alpha value is -4.86. The maximum atomic E-state index is 14.2. The van der Waals surface area contributed by atoms with Crippen molar-refractivity contribution in [3.63, 3.8) is 0 Å². The first-order valence-electron chi connectivity index (χ1n) is 19.5. The molecule has 0 aliphatic carbocycles. The molecule has 384 valence electrons. The van der Waals surface area contributed by atoms with Crippen molar-refractivity contribution in [1.82, 2.24) is 9.80 Å². The highest BCUT2D eigenvalue weighted by Gasteiger charge is 2.47. The van der Waals surface area contributed by atoms with E-state index >= 15 is 0 Å². The number of hydrogen-bond acceptors (Lipinski definition) is 2. The Labute approximate surface area is 375 Å². The second-order valence-electron chi connectivity index (χ2n) is 16.3. The number of likely N-dealkylation sites (N-methyl/N-ethyl adjacent to an activating group) is 3. The molecule has 1 saturated heterocycles. The first kappa shape index (κ1) is 56.7. The monoisotopic (exact) mass is 1040 g/mol. The topological polar surface area (TPSA) is 10.9 Å². The van der Waals surface area contributed by atoms with Crippen LogP contribution in [0.15, 0.2) is 72.8 Å². The Morgan fingerprint density at radius 3 is 0.609 bits per heavy atom. The van der Waals surface area contributed by atoms with Crippen molar-refractivity contribution < 1.29 is 110 Å². The van der Waals surface area contributed by atoms with Gasteiger partial charge in [-0.15, -0.1) is 0 Å². The van der Waals surface area contributed by atoms with Crippen LogP contribution in [0.3, 0.4) is 0 Å². The summed E-state index contributed by atoms with van der Waals surface area (Å²) >= 11 is 0. The summed E-state index contributed by atoms with van der Waals surface area (Å²) < 4.78 is 341. The van der Waals surface area contributed by atoms with E-state index in [2.05, 4.69) is 30.9 Å². The number of nitrogens with zero attached hydrogens (tertiary/aromatic N) is 2. The SMILES string of the molecule is CN1CCN(C)CC[NH+](C)CC1.FC(F)(F)c1cc([B-](c2cc(C(F)(F)F)cc(C(F)(F)F)c2)(c2cc(C(F)(F)F)cc(C(F)(F)F)c2)c2cc(C(F)(F)F)cc(C(F)(F)F)c2)cc(C(F)(F)F)c1. The van der Waals surface area contributed by atoms with Gasteiger partial charge in [0.2, 0.25) is 0 Å². The van der Waals surface area contributed by atoms with Gasteiger partial charge >= 0.3 is 49.4 Å². The molecule has 0 bridgehead atoms. The third-order valence-corrected chi connectivity index (χ3v) is 11.1. The van der Waals surface area contributed by atoms with Crippen molar-refractivity contribution in [2.45, 2.75) is 49.4 Å². The molecular formula is C41H34BF24N3. The molecule has 1 heterocycles. The highest BCUT2D eigenvalue weighted by molar-refractivity contribution is 7.20. The van der Waals surface area contributed by atoms with Crippen molar-refractivity contribution in [2.24, 2.45) is 0 Å². The molecule has 0 spiro atoms. The largest absolute Gasteiger partial charge is 0.416 e. The molecule has 4 aromatic carbocycles. The average Bonchev–Trinajstić information content (AvgIpc) is 3.25. The molecule has 0 aromatic heterocycles. The van der Waals surface area contributed by atoms with Crippen LogP contribution in [0.4, 0.5) is 105 Å². The van der Waals surface area contributed by atoms with Gasteiger partial charge in [-0.3, -0.25) is 9.80 Å². The molecular weight excluding hydrogens is 1000 g/mol. The van der Waals surface area contributed by atoms with E-state index in [4.69, 9.17) is 0 Å². The smallest absolute Gasteiger partial charge is 0.335 e. The Morgan fingerprint density at radius 2 is 0.464 bits per heavy atom. The zero-order valence-corrected chi connectivity index (χ0v) is 35.2. The van der Waals surface area contributed by atoms with Gasteiger partial charge in [0.1, 0.15) is 6.15 Å². The van der Waals surface area contributed by atoms with Crippen molar-refractivity contribution in [1.29, 1.82) is 0 Å². The molecule has 5 rings (SSSR count). The number of nitrogens with one attached hydrogen (secondary N) is 1. The van der Waals surface area contributed by atoms with Crippen molar-refractivity contribution in [2.75, 3.05) is 60.4 Å². The first-order valence-corrected chi connectivity index (χ1v) is 19.5. The maximum absolute atomic E-state index is 14.2. The molecule has 1 fully saturated rings. The van der Waals surface area contributed by atoms with Gasteiger partial charge in [-0.05, 0) is 38.4 Å². The van der Waals surface area contributed by atoms with Crippen molar-refractivity contribution in [3.8, 4) is 0 Å². The van der Waals surface area contributed by atoms with Gasteiger partial charge in [-0.1, -0.05) is 48.5 Å². The summed E-state index contributed by atoms with van der Waals surface area (Å²) in [6.45, 7) is 7.46. The molecule has 0 saturated carbocycles. The second kappa shape index (κ2) is 19.4. The van der Waals surface area contributed by atoms with E-state index in [1.165, 1.54) is 39.3 Å². The minimum atomic E-state index is -6.13. The highest BCUT2D eigenvalue weighted by atomic mass is 19.4. The summed E-state index contributed by atoms with van der Waals surface area (Å²) in [5.41, 5.74) is -30.2. The molecule has 28 heteroatoms. The number of hydrogen-bond donors (Lipinski definition) is 1. The van der Waals surface area contributed by atoms with E-state index in [1.807, 2.05) is 0 Å². The van der Waals surface area contributed by atoms with Gasteiger partial charge < -0.3 is 4.90 Å². The number of benzene rings is 4. The van der Waals surface area contributed by atoms with Crippen LogP contribution >= 0.6 is 0 Å². The zero-order chi connectivity index (χ0) is 52.9. The normalized spacial score (nSPS) is 16.4. The van der Waals surface area contributed by atoms with Gasteiger partial charge in [0.05, 0.1) is 64.6 Å². The van der Waals surface area contributed by atoms with Crippen LogP contribution < -0.4 is 26.8 Å². The summed E-state index contributed by atoms with van der Waals surface area (Å²) in [6, 6.07) is -8.81. The van der Waals surface area contributed by atoms with E-state index in [0.29, 0.717) is 0 Å². The molecule has 4 aromatic rings. The predicted molar refractivity (Wildman–Crippen MR) is 202 cm³/mol. The van der Waals surface area contributed by atoms with E-state index in [0.717, 1.165) is 0 Å². The fraction of sp³-hybridized carbons (Fsp3) is 0.415. The summed E-state index contributed by atoms with van der Waals surface area (Å²) in [5, 5.41) is 0. The molecule has 3 nitrogen and oxygen atoms in total. The number of halogens is 24. The fourth-order valence-corrected chi connectivity index (χ4v) is 7.52. The molecule has 1 aliphatic heterocycles. The fourth-order valence-electron chi connectivity index (χ4n) is 7.52. The standard InChI is InChI=1S/C32H12BF24.C9H21N3/c34-25(35,36)13-1-14(26(37,38)39)6-21(5-13)33(22-7-15(27(40,41)42)2-16(8-22)28(43,44)45,23-9-17(29(46,47)48)3-18(10-23)30(49,50)51)24-11-19(31(52,53)54)4-20(12-24)32(55,56)57;1-10-4-6-11(2)8-9-12(3)7-5-10/h1-12H;4-9H2,1-3H3/q-1;/p+1. The average molecular weight is 1040 g/mol. The van der Waals surface area contributed by atoms with E-state index in [-0.39, 0.29) is 0 Å². The van der Waals surface area contributed by atoms with E-state index in [9.17, 15) is 105 Å². The summed E-state index contributed by atoms with van der Waals surface area (Å²) in [7, 11) is 6.71. The molecule has 69 heavy (non-hydrogen) atoms. The van der Waals surface area contributed by atoms with Crippen LogP contribution in [-0.2, 0) is 49.4 Å². The quantitative estimate of drug-likeness (QED) is 0.162. The predicted octanol–water partition coefficient (Wildman–Crippen LogP) is 9.59. The van der Waals surface area contributed by atoms with Gasteiger partial charge in [0.15, 0.2) is 0 Å². The van der Waals surface area contributed by atoms with Gasteiger partial charge in [-0.25, -0.2) is 0 Å². The van der Waals surface area contributed by atoms with Gasteiger partial charge in [0, 0.05) is 26.2 Å². The molecule has 0 amide bonds. The lowest BCUT2D eigenvalue weighted by Crippen LogP contribution is -3.10. The third-order valence-electron chi connectivity index (χ3n) is 11.1. The molecule has 0 unspecified atom stereocenters. The van der Waals surface area contributed by atoms with Crippen LogP contribution in [0, 0.1) is 0 Å². The van der Waals surface area contributed by atoms with Crippen LogP contribution in [0.1, 0.15) is 44.5 Å². The number of rotatable bonds is 4. The molecule has 0 radical (unpaired) electrons. The van der Waals surface area contributed by atoms with Crippen LogP contribution in [0.2, 0.25) is 0 Å². The maximum Gasteiger partial charge on any atom is 0.416 e. The van der Waals surface area contributed by atoms with E-state index in [1.54, 1.807) is 4.90 Å². The lowest BCUT2D eigenvalue weighted by atomic mass is 9.12. The first-order chi connectivity index (χ1) is 30.9. The Bertz CT molecular complexity index is 1950. The summed E-state index contributed by atoms with van der Waals surface area (Å²) in [5.74, 6) is 0. The molecule has 1 aliphatic rings. The highest BCUT2D eigenvalue weighted by Crippen LogP contribution is 2.41. The Balaban J connectivity index is 0.000000750. The van der Waals surface area contributed by atoms with Gasteiger partial charge in [0.25, 0.3) is 0 Å². The third kappa shape index (κ3) is 13.9. The molecule has 0 atom stereocenters. The molecule has 1 N–H and O–H groups in total. The Kier molecular flexibility index (Phi) is 15.9. The van der Waals surface area contributed by atoms with Crippen molar-refractivity contribution >= 4 is 28.0 Å².